The predicted octanol–water partition coefficient (Wildman–Crippen LogP) is 4.64. The highest BCUT2D eigenvalue weighted by molar-refractivity contribution is 8.26. The first-order chi connectivity index (χ1) is 19.1. The Morgan fingerprint density at radius 2 is 1.88 bits per heavy atom. The molecular formula is C28H28N4O5S3. The Labute approximate surface area is 242 Å². The molecule has 2 saturated heterocycles. The number of thiocarbonyl (C=S) groups is 1. The first kappa shape index (κ1) is 28.2. The van der Waals surface area contributed by atoms with Gasteiger partial charge < -0.3 is 5.11 Å². The Morgan fingerprint density at radius 3 is 2.58 bits per heavy atom. The number of para-hydroxylation sites is 1. The number of hydrogen-bond donors (Lipinski definition) is 1. The van der Waals surface area contributed by atoms with Crippen LogP contribution >= 0.6 is 24.0 Å². The van der Waals surface area contributed by atoms with Crippen LogP contribution in [0.25, 0.3) is 23.0 Å². The molecule has 2 aromatic carbocycles. The zero-order valence-corrected chi connectivity index (χ0v) is 24.2. The minimum absolute atomic E-state index is 0.0113. The largest absolute Gasteiger partial charge is 0.481 e. The number of benzene rings is 2. The third-order valence-corrected chi connectivity index (χ3v) is 10.2. The van der Waals surface area contributed by atoms with Gasteiger partial charge in [-0.25, -0.2) is 13.1 Å². The highest BCUT2D eigenvalue weighted by atomic mass is 32.2. The first-order valence-electron chi connectivity index (χ1n) is 12.9. The maximum atomic E-state index is 13.5. The first-order valence-corrected chi connectivity index (χ1v) is 15.5. The van der Waals surface area contributed by atoms with Crippen LogP contribution in [0.5, 0.6) is 0 Å². The summed E-state index contributed by atoms with van der Waals surface area (Å²) in [4.78, 5) is 25.9. The van der Waals surface area contributed by atoms with Crippen LogP contribution in [0.4, 0.5) is 0 Å². The fourth-order valence-corrected chi connectivity index (χ4v) is 7.47. The molecule has 0 saturated carbocycles. The van der Waals surface area contributed by atoms with Crippen molar-refractivity contribution in [2.45, 2.75) is 31.1 Å². The van der Waals surface area contributed by atoms with Gasteiger partial charge >= 0.3 is 5.97 Å². The van der Waals surface area contributed by atoms with E-state index in [1.54, 1.807) is 41.2 Å². The van der Waals surface area contributed by atoms with Gasteiger partial charge in [0.25, 0.3) is 5.91 Å². The summed E-state index contributed by atoms with van der Waals surface area (Å²) in [5.41, 5.74) is 2.49. The molecule has 5 rings (SSSR count). The number of sulfonamides is 1. The number of aromatic nitrogens is 2. The number of piperidine rings is 1. The molecule has 3 aromatic rings. The molecule has 9 nitrogen and oxygen atoms in total. The van der Waals surface area contributed by atoms with E-state index in [9.17, 15) is 18.0 Å². The third-order valence-electron chi connectivity index (χ3n) is 6.96. The van der Waals surface area contributed by atoms with Crippen LogP contribution < -0.4 is 0 Å². The van der Waals surface area contributed by atoms with Gasteiger partial charge in [-0.3, -0.25) is 14.5 Å². The average molecular weight is 597 g/mol. The van der Waals surface area contributed by atoms with E-state index in [2.05, 4.69) is 6.92 Å². The maximum Gasteiger partial charge on any atom is 0.305 e. The number of thioether (sulfide) groups is 1. The molecule has 0 radical (unpaired) electrons. The SMILES string of the molecule is CC1CCN(S(=O)(=O)c2cccc(-c3nn(-c4ccccc4)cc3C=C3SC(=S)N(CCC(=O)O)C3=O)c2)CC1. The lowest BCUT2D eigenvalue weighted by Crippen LogP contribution is -2.37. The van der Waals surface area contributed by atoms with Crippen molar-refractivity contribution < 1.29 is 23.1 Å². The molecular weight excluding hydrogens is 569 g/mol. The van der Waals surface area contributed by atoms with Gasteiger partial charge in [-0.2, -0.15) is 9.40 Å². The molecule has 0 atom stereocenters. The summed E-state index contributed by atoms with van der Waals surface area (Å²) < 4.78 is 30.5. The highest BCUT2D eigenvalue weighted by Gasteiger charge is 2.33. The smallest absolute Gasteiger partial charge is 0.305 e. The summed E-state index contributed by atoms with van der Waals surface area (Å²) in [6.45, 7) is 3.11. The van der Waals surface area contributed by atoms with Crippen LogP contribution in [0.3, 0.4) is 0 Å². The Kier molecular flexibility index (Phi) is 8.22. The summed E-state index contributed by atoms with van der Waals surface area (Å²) in [5.74, 6) is -0.886. The fraction of sp³-hybridized carbons (Fsp3) is 0.286. The molecule has 3 heterocycles. The molecule has 2 aliphatic heterocycles. The molecule has 1 aromatic heterocycles. The summed E-state index contributed by atoms with van der Waals surface area (Å²) >= 11 is 6.44. The molecule has 1 N–H and O–H groups in total. The normalized spacial score (nSPS) is 18.1. The van der Waals surface area contributed by atoms with E-state index in [0.29, 0.717) is 45.1 Å². The topological polar surface area (TPSA) is 113 Å². The molecule has 2 fully saturated rings. The second-order valence-electron chi connectivity index (χ2n) is 9.80. The third kappa shape index (κ3) is 5.90. The average Bonchev–Trinajstić information content (AvgIpc) is 3.48. The summed E-state index contributed by atoms with van der Waals surface area (Å²) in [6, 6.07) is 16.2. The zero-order chi connectivity index (χ0) is 28.4. The molecule has 2 aliphatic rings. The monoisotopic (exact) mass is 596 g/mol. The van der Waals surface area contributed by atoms with E-state index in [1.165, 1.54) is 9.21 Å². The number of hydrogen-bond acceptors (Lipinski definition) is 7. The molecule has 1 amide bonds. The Bertz CT molecular complexity index is 1590. The maximum absolute atomic E-state index is 13.5. The number of amides is 1. The van der Waals surface area contributed by atoms with Gasteiger partial charge in [0.05, 0.1) is 21.9 Å². The highest BCUT2D eigenvalue weighted by Crippen LogP contribution is 2.35. The van der Waals surface area contributed by atoms with Crippen molar-refractivity contribution in [3.05, 3.63) is 71.3 Å². The van der Waals surface area contributed by atoms with E-state index >= 15 is 0 Å². The van der Waals surface area contributed by atoms with Crippen molar-refractivity contribution in [1.82, 2.24) is 19.0 Å². The van der Waals surface area contributed by atoms with E-state index < -0.39 is 16.0 Å². The quantitative estimate of drug-likeness (QED) is 0.296. The number of nitrogens with zero attached hydrogens (tertiary/aromatic N) is 4. The molecule has 40 heavy (non-hydrogen) atoms. The van der Waals surface area contributed by atoms with Crippen LogP contribution in [0.2, 0.25) is 0 Å². The summed E-state index contributed by atoms with van der Waals surface area (Å²) in [5, 5.41) is 13.8. The van der Waals surface area contributed by atoms with Crippen LogP contribution in [-0.4, -0.2) is 68.3 Å². The molecule has 208 valence electrons. The lowest BCUT2D eigenvalue weighted by atomic mass is 10.0. The van der Waals surface area contributed by atoms with Gasteiger partial charge in [0, 0.05) is 37.0 Å². The van der Waals surface area contributed by atoms with Gasteiger partial charge in [-0.1, -0.05) is 61.2 Å². The van der Waals surface area contributed by atoms with Gasteiger partial charge in [-0.15, -0.1) is 0 Å². The lowest BCUT2D eigenvalue weighted by molar-refractivity contribution is -0.137. The number of rotatable bonds is 8. The van der Waals surface area contributed by atoms with Gasteiger partial charge in [0.2, 0.25) is 10.0 Å². The van der Waals surface area contributed by atoms with Crippen LogP contribution in [0.15, 0.2) is 70.6 Å². The van der Waals surface area contributed by atoms with Crippen LogP contribution in [-0.2, 0) is 19.6 Å². The minimum Gasteiger partial charge on any atom is -0.481 e. The number of carboxylic acid groups (broad SMARTS) is 1. The van der Waals surface area contributed by atoms with Crippen LogP contribution in [0.1, 0.15) is 31.7 Å². The molecule has 0 bridgehead atoms. The van der Waals surface area contributed by atoms with E-state index in [4.69, 9.17) is 22.4 Å². The van der Waals surface area contributed by atoms with Gasteiger partial charge in [0.1, 0.15) is 10.0 Å². The zero-order valence-electron chi connectivity index (χ0n) is 21.8. The Balaban J connectivity index is 1.54. The Hall–Kier alpha value is -3.32. The van der Waals surface area contributed by atoms with Crippen molar-refractivity contribution in [2.75, 3.05) is 19.6 Å². The second kappa shape index (κ2) is 11.7. The summed E-state index contributed by atoms with van der Waals surface area (Å²) in [7, 11) is -3.68. The minimum atomic E-state index is -3.68. The molecule has 0 unspecified atom stereocenters. The number of aliphatic carboxylic acids is 1. The van der Waals surface area contributed by atoms with Crippen molar-refractivity contribution in [2.24, 2.45) is 5.92 Å². The number of carbonyl (C=O) groups excluding carboxylic acids is 1. The lowest BCUT2D eigenvalue weighted by Gasteiger charge is -2.29. The van der Waals surface area contributed by atoms with Crippen molar-refractivity contribution in [1.29, 1.82) is 0 Å². The van der Waals surface area contributed by atoms with E-state index in [0.717, 1.165) is 30.3 Å². The van der Waals surface area contributed by atoms with E-state index in [1.807, 2.05) is 30.3 Å². The van der Waals surface area contributed by atoms with Gasteiger partial charge in [-0.05, 0) is 49.1 Å². The van der Waals surface area contributed by atoms with Crippen molar-refractivity contribution >= 4 is 56.3 Å². The van der Waals surface area contributed by atoms with E-state index in [-0.39, 0.29) is 23.8 Å². The van der Waals surface area contributed by atoms with Crippen LogP contribution in [0, 0.1) is 5.92 Å². The van der Waals surface area contributed by atoms with Gasteiger partial charge in [0.15, 0.2) is 0 Å². The number of carboxylic acids is 1. The summed E-state index contributed by atoms with van der Waals surface area (Å²) in [6.07, 6.45) is 4.90. The molecule has 0 spiro atoms. The van der Waals surface area contributed by atoms with Crippen molar-refractivity contribution in [3.8, 4) is 16.9 Å². The Morgan fingerprint density at radius 1 is 1.15 bits per heavy atom. The molecule has 12 heteroatoms. The predicted molar refractivity (Wildman–Crippen MR) is 158 cm³/mol. The standard InChI is InChI=1S/C28H28N4O5S3/c1-19-10-13-30(14-11-19)40(36,37)23-9-5-6-20(16-23)26-21(18-32(29-26)22-7-3-2-4-8-22)17-24-27(35)31(28(38)39-24)15-12-25(33)34/h2-9,16-19H,10-15H2,1H3,(H,33,34). The fourth-order valence-electron chi connectivity index (χ4n) is 4.65. The second-order valence-corrected chi connectivity index (χ2v) is 13.4. The number of carbonyl (C=O) groups is 2. The molecule has 0 aliphatic carbocycles. The van der Waals surface area contributed by atoms with Crippen molar-refractivity contribution in [3.63, 3.8) is 0 Å².